The van der Waals surface area contributed by atoms with Gasteiger partial charge in [0, 0.05) is 11.3 Å². The maximum absolute atomic E-state index is 13.4. The predicted molar refractivity (Wildman–Crippen MR) is 99.8 cm³/mol. The lowest BCUT2D eigenvalue weighted by Gasteiger charge is -2.13. The predicted octanol–water partition coefficient (Wildman–Crippen LogP) is 4.45. The monoisotopic (exact) mass is 413 g/mol. The summed E-state index contributed by atoms with van der Waals surface area (Å²) in [5, 5.41) is 3.93. The third kappa shape index (κ3) is 3.28. The Kier molecular flexibility index (Phi) is 4.34. The van der Waals surface area contributed by atoms with Gasteiger partial charge in [-0.05, 0) is 54.0 Å². The highest BCUT2D eigenvalue weighted by atomic mass is 19.4. The molecule has 7 nitrogen and oxygen atoms in total. The van der Waals surface area contributed by atoms with Crippen LogP contribution < -0.4 is 5.73 Å². The molecule has 0 fully saturated rings. The Hall–Kier alpha value is -4.07. The van der Waals surface area contributed by atoms with Gasteiger partial charge >= 0.3 is 12.1 Å². The summed E-state index contributed by atoms with van der Waals surface area (Å²) in [5.41, 5.74) is 5.85. The van der Waals surface area contributed by atoms with Crippen LogP contribution in [0.5, 0.6) is 0 Å². The number of nitrogen functional groups attached to an aromatic ring is 1. The summed E-state index contributed by atoms with van der Waals surface area (Å²) in [4.78, 5) is 15.1. The maximum atomic E-state index is 13.4. The Bertz CT molecular complexity index is 1320. The molecule has 0 spiro atoms. The van der Waals surface area contributed by atoms with Crippen LogP contribution in [0.15, 0.2) is 36.4 Å². The Labute approximate surface area is 166 Å². The van der Waals surface area contributed by atoms with Crippen LogP contribution in [0.3, 0.4) is 0 Å². The van der Waals surface area contributed by atoms with E-state index in [2.05, 4.69) is 24.9 Å². The first-order valence-electron chi connectivity index (χ1n) is 8.43. The van der Waals surface area contributed by atoms with Crippen LogP contribution in [-0.4, -0.2) is 24.6 Å². The zero-order valence-electron chi connectivity index (χ0n) is 15.2. The maximum Gasteiger partial charge on any atom is 0.433 e. The molecule has 1 aromatic carbocycles. The SMILES string of the molecule is [C-]#[N+]c1nc2c(-c3cc(C)nc(C(F)(F)F)c3)c(-c3ccc(F)cc3)nc(N)n2n1. The summed E-state index contributed by atoms with van der Waals surface area (Å²) in [5.74, 6) is -0.869. The van der Waals surface area contributed by atoms with E-state index in [1.807, 2.05) is 0 Å². The molecule has 0 aliphatic carbocycles. The second kappa shape index (κ2) is 6.77. The highest BCUT2D eigenvalue weighted by Crippen LogP contribution is 2.38. The minimum absolute atomic E-state index is 0.0477. The number of nitrogens with zero attached hydrogens (tertiary/aromatic N) is 6. The normalized spacial score (nSPS) is 11.6. The van der Waals surface area contributed by atoms with Gasteiger partial charge in [-0.2, -0.15) is 13.2 Å². The first-order chi connectivity index (χ1) is 14.2. The number of rotatable bonds is 2. The van der Waals surface area contributed by atoms with E-state index in [4.69, 9.17) is 12.3 Å². The summed E-state index contributed by atoms with van der Waals surface area (Å²) in [6.07, 6.45) is -4.68. The third-order valence-electron chi connectivity index (χ3n) is 4.25. The highest BCUT2D eigenvalue weighted by molar-refractivity contribution is 5.91. The van der Waals surface area contributed by atoms with E-state index in [1.165, 1.54) is 37.3 Å². The number of hydrogen-bond acceptors (Lipinski definition) is 5. The highest BCUT2D eigenvalue weighted by Gasteiger charge is 2.34. The lowest BCUT2D eigenvalue weighted by molar-refractivity contribution is -0.141. The zero-order valence-corrected chi connectivity index (χ0v) is 15.2. The fourth-order valence-electron chi connectivity index (χ4n) is 3.03. The van der Waals surface area contributed by atoms with E-state index in [0.29, 0.717) is 5.56 Å². The average molecular weight is 413 g/mol. The Morgan fingerprint density at radius 1 is 1.03 bits per heavy atom. The minimum atomic E-state index is -4.68. The molecule has 4 rings (SSSR count). The zero-order chi connectivity index (χ0) is 21.6. The van der Waals surface area contributed by atoms with Crippen molar-refractivity contribution in [1.82, 2.24) is 24.6 Å². The smallest absolute Gasteiger partial charge is 0.393 e. The van der Waals surface area contributed by atoms with Crippen molar-refractivity contribution in [2.24, 2.45) is 0 Å². The van der Waals surface area contributed by atoms with Gasteiger partial charge in [-0.1, -0.05) is 0 Å². The number of fused-ring (bicyclic) bond motifs is 1. The fraction of sp³-hybridized carbons (Fsp3) is 0.105. The molecule has 0 bridgehead atoms. The van der Waals surface area contributed by atoms with Crippen LogP contribution in [0.2, 0.25) is 0 Å². The largest absolute Gasteiger partial charge is 0.433 e. The van der Waals surface area contributed by atoms with Crippen LogP contribution in [0.25, 0.3) is 32.9 Å². The van der Waals surface area contributed by atoms with Gasteiger partial charge in [-0.15, -0.1) is 16.1 Å². The lowest BCUT2D eigenvalue weighted by atomic mass is 9.99. The molecule has 4 aromatic rings. The molecule has 0 saturated carbocycles. The molecule has 3 heterocycles. The van der Waals surface area contributed by atoms with Crippen molar-refractivity contribution in [2.45, 2.75) is 13.1 Å². The first-order valence-corrected chi connectivity index (χ1v) is 8.43. The molecule has 30 heavy (non-hydrogen) atoms. The number of pyridine rings is 1. The van der Waals surface area contributed by atoms with Gasteiger partial charge in [-0.3, -0.25) is 0 Å². The van der Waals surface area contributed by atoms with Gasteiger partial charge in [0.1, 0.15) is 11.5 Å². The van der Waals surface area contributed by atoms with Crippen molar-refractivity contribution < 1.29 is 17.6 Å². The molecule has 150 valence electrons. The number of alkyl halides is 3. The van der Waals surface area contributed by atoms with Crippen molar-refractivity contribution in [1.29, 1.82) is 0 Å². The van der Waals surface area contributed by atoms with Crippen molar-refractivity contribution in [3.05, 3.63) is 65.0 Å². The van der Waals surface area contributed by atoms with Gasteiger partial charge < -0.3 is 10.6 Å². The lowest BCUT2D eigenvalue weighted by Crippen LogP contribution is -2.10. The molecule has 0 atom stereocenters. The van der Waals surface area contributed by atoms with Crippen molar-refractivity contribution >= 4 is 17.5 Å². The Morgan fingerprint density at radius 3 is 2.37 bits per heavy atom. The van der Waals surface area contributed by atoms with Crippen LogP contribution in [0, 0.1) is 19.3 Å². The molecule has 0 radical (unpaired) electrons. The number of aryl methyl sites for hydroxylation is 1. The van der Waals surface area contributed by atoms with E-state index in [1.54, 1.807) is 0 Å². The van der Waals surface area contributed by atoms with Crippen LogP contribution in [-0.2, 0) is 6.18 Å². The molecule has 0 unspecified atom stereocenters. The van der Waals surface area contributed by atoms with E-state index in [0.717, 1.165) is 10.6 Å². The average Bonchev–Trinajstić information content (AvgIpc) is 3.12. The molecule has 11 heteroatoms. The molecular formula is C19H11F4N7. The van der Waals surface area contributed by atoms with Gasteiger partial charge in [-0.25, -0.2) is 14.4 Å². The molecule has 0 amide bonds. The fourth-order valence-corrected chi connectivity index (χ4v) is 3.03. The van der Waals surface area contributed by atoms with Crippen LogP contribution in [0.4, 0.5) is 29.5 Å². The molecule has 2 N–H and O–H groups in total. The quantitative estimate of drug-likeness (QED) is 0.388. The van der Waals surface area contributed by atoms with Gasteiger partial charge in [0.25, 0.3) is 0 Å². The van der Waals surface area contributed by atoms with Crippen LogP contribution >= 0.6 is 0 Å². The summed E-state index contributed by atoms with van der Waals surface area (Å²) < 4.78 is 54.6. The summed E-state index contributed by atoms with van der Waals surface area (Å²) in [6.45, 7) is 8.56. The van der Waals surface area contributed by atoms with E-state index >= 15 is 0 Å². The number of hydrogen-bond donors (Lipinski definition) is 1. The number of anilines is 1. The summed E-state index contributed by atoms with van der Waals surface area (Å²) in [7, 11) is 0. The van der Waals surface area contributed by atoms with E-state index in [-0.39, 0.29) is 40.1 Å². The minimum Gasteiger partial charge on any atom is -0.393 e. The van der Waals surface area contributed by atoms with E-state index < -0.39 is 17.7 Å². The number of halogens is 4. The standard InChI is InChI=1S/C19H11F4N7/c1-9-7-11(8-13(26-9)19(21,22)23)14-15(10-3-5-12(20)6-4-10)27-17(24)30-16(14)28-18(25-2)29-30/h3-8H,1H3,(H2,24,27). The van der Waals surface area contributed by atoms with Gasteiger partial charge in [0.2, 0.25) is 11.6 Å². The number of benzene rings is 1. The first kappa shape index (κ1) is 19.3. The second-order valence-corrected chi connectivity index (χ2v) is 6.34. The Morgan fingerprint density at radius 2 is 1.73 bits per heavy atom. The molecule has 0 aliphatic rings. The van der Waals surface area contributed by atoms with E-state index in [9.17, 15) is 17.6 Å². The topological polar surface area (TPSA) is 86.3 Å². The van der Waals surface area contributed by atoms with Gasteiger partial charge in [0.15, 0.2) is 0 Å². The number of aromatic nitrogens is 5. The second-order valence-electron chi connectivity index (χ2n) is 6.34. The summed E-state index contributed by atoms with van der Waals surface area (Å²) >= 11 is 0. The summed E-state index contributed by atoms with van der Waals surface area (Å²) in [6, 6.07) is 7.51. The Balaban J connectivity index is 2.12. The van der Waals surface area contributed by atoms with Crippen molar-refractivity contribution in [2.75, 3.05) is 5.73 Å². The molecule has 0 aliphatic heterocycles. The van der Waals surface area contributed by atoms with Gasteiger partial charge in [0.05, 0.1) is 11.3 Å². The number of nitrogens with two attached hydrogens (primary N) is 1. The van der Waals surface area contributed by atoms with Crippen LogP contribution in [0.1, 0.15) is 11.4 Å². The third-order valence-corrected chi connectivity index (χ3v) is 4.25. The molecular weight excluding hydrogens is 402 g/mol. The van der Waals surface area contributed by atoms with Crippen molar-refractivity contribution in [3.63, 3.8) is 0 Å². The molecule has 0 saturated heterocycles. The molecule has 3 aromatic heterocycles. The van der Waals surface area contributed by atoms with Crippen molar-refractivity contribution in [3.8, 4) is 22.4 Å².